The zero-order valence-corrected chi connectivity index (χ0v) is 12.3. The van der Waals surface area contributed by atoms with Crippen molar-refractivity contribution in [3.8, 4) is 5.69 Å². The van der Waals surface area contributed by atoms with Crippen LogP contribution in [-0.4, -0.2) is 14.5 Å². The molecule has 1 unspecified atom stereocenters. The van der Waals surface area contributed by atoms with Crippen LogP contribution in [0.1, 0.15) is 30.6 Å². The molecule has 0 saturated heterocycles. The topological polar surface area (TPSA) is 30.7 Å². The van der Waals surface area contributed by atoms with Gasteiger partial charge in [0.15, 0.2) is 5.65 Å². The van der Waals surface area contributed by atoms with Gasteiger partial charge in [-0.1, -0.05) is 25.1 Å². The minimum atomic E-state index is -0.172. The smallest absolute Gasteiger partial charge is 0.164 e. The molecule has 0 fully saturated rings. The Labute approximate surface area is 123 Å². The number of hydrogen-bond donors (Lipinski definition) is 0. The van der Waals surface area contributed by atoms with Gasteiger partial charge in [0.2, 0.25) is 0 Å². The fourth-order valence-corrected chi connectivity index (χ4v) is 2.61. The van der Waals surface area contributed by atoms with Gasteiger partial charge in [-0.2, -0.15) is 0 Å². The number of nitrogens with zero attached hydrogens (tertiary/aromatic N) is 3. The summed E-state index contributed by atoms with van der Waals surface area (Å²) in [5, 5.41) is -0.172. The van der Waals surface area contributed by atoms with E-state index in [9.17, 15) is 0 Å². The first kappa shape index (κ1) is 13.1. The van der Waals surface area contributed by atoms with Gasteiger partial charge in [0.05, 0.1) is 11.1 Å². The summed E-state index contributed by atoms with van der Waals surface area (Å²) in [6, 6.07) is 12.2. The molecule has 102 valence electrons. The SMILES string of the molecule is CCc1ccccc1-n1c(C(C)Cl)nc2cccnc21. The third kappa shape index (κ3) is 2.08. The average molecular weight is 286 g/mol. The number of aromatic nitrogens is 3. The molecule has 1 aromatic carbocycles. The molecule has 0 aliphatic rings. The predicted molar refractivity (Wildman–Crippen MR) is 82.5 cm³/mol. The molecule has 1 atom stereocenters. The van der Waals surface area contributed by atoms with Crippen molar-refractivity contribution in [1.82, 2.24) is 14.5 Å². The second kappa shape index (κ2) is 5.25. The predicted octanol–water partition coefficient (Wildman–Crippen LogP) is 4.28. The average Bonchev–Trinajstić information content (AvgIpc) is 2.86. The summed E-state index contributed by atoms with van der Waals surface area (Å²) in [5.41, 5.74) is 4.10. The van der Waals surface area contributed by atoms with Gasteiger partial charge in [-0.3, -0.25) is 4.57 Å². The number of rotatable bonds is 3. The van der Waals surface area contributed by atoms with E-state index in [1.807, 2.05) is 25.1 Å². The van der Waals surface area contributed by atoms with Crippen LogP contribution in [0.2, 0.25) is 0 Å². The maximum absolute atomic E-state index is 6.31. The number of para-hydroxylation sites is 1. The summed E-state index contributed by atoms with van der Waals surface area (Å²) in [7, 11) is 0. The molecular formula is C16H16ClN3. The lowest BCUT2D eigenvalue weighted by molar-refractivity contribution is 0.867. The third-order valence-electron chi connectivity index (χ3n) is 3.41. The Bertz CT molecular complexity index is 746. The first-order chi connectivity index (χ1) is 9.72. The molecule has 2 aromatic heterocycles. The van der Waals surface area contributed by atoms with Gasteiger partial charge in [-0.05, 0) is 37.1 Å². The maximum atomic E-state index is 6.31. The second-order valence-electron chi connectivity index (χ2n) is 4.75. The fourth-order valence-electron chi connectivity index (χ4n) is 2.46. The van der Waals surface area contributed by atoms with Crippen molar-refractivity contribution in [1.29, 1.82) is 0 Å². The summed E-state index contributed by atoms with van der Waals surface area (Å²) in [6.07, 6.45) is 2.75. The van der Waals surface area contributed by atoms with Crippen LogP contribution >= 0.6 is 11.6 Å². The molecule has 0 radical (unpaired) electrons. The monoisotopic (exact) mass is 285 g/mol. The van der Waals surface area contributed by atoms with Crippen molar-refractivity contribution < 1.29 is 0 Å². The van der Waals surface area contributed by atoms with E-state index in [1.54, 1.807) is 6.20 Å². The van der Waals surface area contributed by atoms with Crippen LogP contribution in [0, 0.1) is 0 Å². The largest absolute Gasteiger partial charge is 0.279 e. The lowest BCUT2D eigenvalue weighted by Gasteiger charge is -2.13. The summed E-state index contributed by atoms with van der Waals surface area (Å²) in [4.78, 5) is 9.11. The van der Waals surface area contributed by atoms with Gasteiger partial charge in [-0.15, -0.1) is 11.6 Å². The fraction of sp³-hybridized carbons (Fsp3) is 0.250. The van der Waals surface area contributed by atoms with Crippen LogP contribution in [0.25, 0.3) is 16.9 Å². The molecule has 0 saturated carbocycles. The van der Waals surface area contributed by atoms with Gasteiger partial charge < -0.3 is 0 Å². The molecule has 4 heteroatoms. The molecule has 0 bridgehead atoms. The highest BCUT2D eigenvalue weighted by molar-refractivity contribution is 6.20. The molecule has 3 nitrogen and oxygen atoms in total. The molecule has 0 aliphatic carbocycles. The number of pyridine rings is 1. The van der Waals surface area contributed by atoms with E-state index in [-0.39, 0.29) is 5.38 Å². The van der Waals surface area contributed by atoms with E-state index < -0.39 is 0 Å². The van der Waals surface area contributed by atoms with E-state index in [1.165, 1.54) is 5.56 Å². The van der Waals surface area contributed by atoms with Crippen LogP contribution < -0.4 is 0 Å². The number of fused-ring (bicyclic) bond motifs is 1. The van der Waals surface area contributed by atoms with E-state index >= 15 is 0 Å². The van der Waals surface area contributed by atoms with Crippen molar-refractivity contribution in [2.45, 2.75) is 25.6 Å². The van der Waals surface area contributed by atoms with Crippen LogP contribution in [0.4, 0.5) is 0 Å². The summed E-state index contributed by atoms with van der Waals surface area (Å²) < 4.78 is 2.08. The highest BCUT2D eigenvalue weighted by Gasteiger charge is 2.18. The highest BCUT2D eigenvalue weighted by Crippen LogP contribution is 2.28. The van der Waals surface area contributed by atoms with Gasteiger partial charge in [-0.25, -0.2) is 9.97 Å². The molecule has 0 aliphatic heterocycles. The second-order valence-corrected chi connectivity index (χ2v) is 5.40. The zero-order chi connectivity index (χ0) is 14.1. The molecule has 20 heavy (non-hydrogen) atoms. The van der Waals surface area contributed by atoms with Crippen molar-refractivity contribution in [2.24, 2.45) is 0 Å². The normalized spacial score (nSPS) is 12.8. The minimum absolute atomic E-state index is 0.172. The summed E-state index contributed by atoms with van der Waals surface area (Å²) >= 11 is 6.31. The Balaban J connectivity index is 2.36. The lowest BCUT2D eigenvalue weighted by Crippen LogP contribution is -2.05. The molecule has 2 heterocycles. The number of aryl methyl sites for hydroxylation is 1. The zero-order valence-electron chi connectivity index (χ0n) is 11.5. The Kier molecular flexibility index (Phi) is 3.45. The van der Waals surface area contributed by atoms with Crippen LogP contribution in [0.3, 0.4) is 0 Å². The number of alkyl halides is 1. The summed E-state index contributed by atoms with van der Waals surface area (Å²) in [5.74, 6) is 0.835. The standard InChI is InChI=1S/C16H16ClN3/c1-3-12-7-4-5-9-14(12)20-15(11(2)17)19-13-8-6-10-18-16(13)20/h4-11H,3H2,1-2H3. The van der Waals surface area contributed by atoms with Gasteiger partial charge in [0, 0.05) is 6.20 Å². The Morgan fingerprint density at radius 2 is 2.00 bits per heavy atom. The molecule has 3 rings (SSSR count). The minimum Gasteiger partial charge on any atom is -0.279 e. The van der Waals surface area contributed by atoms with Crippen LogP contribution in [0.15, 0.2) is 42.6 Å². The molecule has 0 amide bonds. The van der Waals surface area contributed by atoms with Crippen molar-refractivity contribution in [2.75, 3.05) is 0 Å². The molecular weight excluding hydrogens is 270 g/mol. The number of imidazole rings is 1. The quantitative estimate of drug-likeness (QED) is 0.672. The Hall–Kier alpha value is -1.87. The molecule has 0 N–H and O–H groups in total. The molecule has 3 aromatic rings. The first-order valence-corrected chi connectivity index (χ1v) is 7.21. The third-order valence-corrected chi connectivity index (χ3v) is 3.61. The van der Waals surface area contributed by atoms with Gasteiger partial charge in [0.25, 0.3) is 0 Å². The molecule has 0 spiro atoms. The maximum Gasteiger partial charge on any atom is 0.164 e. The Morgan fingerprint density at radius 3 is 2.75 bits per heavy atom. The number of benzene rings is 1. The van der Waals surface area contributed by atoms with E-state index in [0.29, 0.717) is 0 Å². The lowest BCUT2D eigenvalue weighted by atomic mass is 10.1. The van der Waals surface area contributed by atoms with Gasteiger partial charge >= 0.3 is 0 Å². The van der Waals surface area contributed by atoms with Gasteiger partial charge in [0.1, 0.15) is 11.3 Å². The van der Waals surface area contributed by atoms with Crippen molar-refractivity contribution in [3.05, 3.63) is 54.0 Å². The van der Waals surface area contributed by atoms with Crippen LogP contribution in [-0.2, 0) is 6.42 Å². The first-order valence-electron chi connectivity index (χ1n) is 6.78. The van der Waals surface area contributed by atoms with E-state index in [0.717, 1.165) is 29.1 Å². The highest BCUT2D eigenvalue weighted by atomic mass is 35.5. The van der Waals surface area contributed by atoms with E-state index in [4.69, 9.17) is 11.6 Å². The number of halogens is 1. The summed E-state index contributed by atoms with van der Waals surface area (Å²) in [6.45, 7) is 4.09. The number of hydrogen-bond acceptors (Lipinski definition) is 2. The van der Waals surface area contributed by atoms with Crippen molar-refractivity contribution in [3.63, 3.8) is 0 Å². The Morgan fingerprint density at radius 1 is 1.20 bits per heavy atom. The van der Waals surface area contributed by atoms with Crippen LogP contribution in [0.5, 0.6) is 0 Å². The van der Waals surface area contributed by atoms with E-state index in [2.05, 4.69) is 39.7 Å². The van der Waals surface area contributed by atoms with Crippen molar-refractivity contribution >= 4 is 22.8 Å².